The first-order valence-electron chi connectivity index (χ1n) is 5.13. The molecule has 0 aliphatic carbocycles. The lowest BCUT2D eigenvalue weighted by Crippen LogP contribution is -2.44. The van der Waals surface area contributed by atoms with Crippen molar-refractivity contribution in [3.63, 3.8) is 0 Å². The van der Waals surface area contributed by atoms with Gasteiger partial charge in [-0.15, -0.1) is 0 Å². The first-order valence-corrected chi connectivity index (χ1v) is 6.21. The van der Waals surface area contributed by atoms with Crippen molar-refractivity contribution in [3.8, 4) is 0 Å². The van der Waals surface area contributed by atoms with Crippen molar-refractivity contribution in [2.45, 2.75) is 25.8 Å². The van der Waals surface area contributed by atoms with Crippen LogP contribution in [0.2, 0.25) is 0 Å². The molecule has 16 heavy (non-hydrogen) atoms. The fourth-order valence-electron chi connectivity index (χ4n) is 1.35. The predicted molar refractivity (Wildman–Crippen MR) is 72.4 cm³/mol. The maximum Gasteiger partial charge on any atom is 0.251 e. The zero-order chi connectivity index (χ0) is 12.2. The Morgan fingerprint density at radius 2 is 2.19 bits per heavy atom. The number of hydrogen-bond acceptors (Lipinski definition) is 2. The van der Waals surface area contributed by atoms with Gasteiger partial charge in [0.25, 0.3) is 5.91 Å². The molecule has 0 fully saturated rings. The highest BCUT2D eigenvalue weighted by molar-refractivity contribution is 14.1. The molecule has 0 radical (unpaired) electrons. The molecule has 3 nitrogen and oxygen atoms in total. The van der Waals surface area contributed by atoms with Crippen LogP contribution >= 0.6 is 22.6 Å². The first kappa shape index (κ1) is 13.4. The molecule has 88 valence electrons. The van der Waals surface area contributed by atoms with E-state index in [9.17, 15) is 4.79 Å². The van der Waals surface area contributed by atoms with Gasteiger partial charge in [0.2, 0.25) is 0 Å². The molecule has 0 atom stereocenters. The molecule has 0 bridgehead atoms. The van der Waals surface area contributed by atoms with Crippen molar-refractivity contribution in [2.24, 2.45) is 0 Å². The number of carbonyl (C=O) groups excluding carboxylic acids is 1. The van der Waals surface area contributed by atoms with Gasteiger partial charge in [-0.05, 0) is 61.1 Å². The van der Waals surface area contributed by atoms with Gasteiger partial charge >= 0.3 is 0 Å². The van der Waals surface area contributed by atoms with E-state index < -0.39 is 0 Å². The van der Waals surface area contributed by atoms with Gasteiger partial charge in [-0.1, -0.05) is 6.07 Å². The number of hydrogen-bond donors (Lipinski definition) is 2. The summed E-state index contributed by atoms with van der Waals surface area (Å²) >= 11 is 2.17. The molecule has 0 unspecified atom stereocenters. The number of nitrogens with one attached hydrogen (secondary N) is 1. The Hall–Kier alpha value is -0.620. The topological polar surface area (TPSA) is 49.3 Å². The van der Waals surface area contributed by atoms with Crippen LogP contribution in [0.15, 0.2) is 24.3 Å². The highest BCUT2D eigenvalue weighted by Crippen LogP contribution is 2.11. The van der Waals surface area contributed by atoms with E-state index in [2.05, 4.69) is 27.9 Å². The lowest BCUT2D eigenvalue weighted by Gasteiger charge is -2.25. The minimum atomic E-state index is -0.382. The van der Waals surface area contributed by atoms with Gasteiger partial charge in [-0.3, -0.25) is 4.79 Å². The van der Waals surface area contributed by atoms with Crippen LogP contribution in [-0.4, -0.2) is 23.2 Å². The third-order valence-corrected chi connectivity index (χ3v) is 2.95. The van der Waals surface area contributed by atoms with E-state index in [0.717, 1.165) is 3.57 Å². The summed E-state index contributed by atoms with van der Waals surface area (Å²) < 4.78 is 1.03. The number of carbonyl (C=O) groups is 1. The minimum absolute atomic E-state index is 0.0691. The van der Waals surface area contributed by atoms with Gasteiger partial charge in [-0.25, -0.2) is 0 Å². The Kier molecular flexibility index (Phi) is 4.73. The molecule has 1 aromatic rings. The molecule has 1 aromatic carbocycles. The summed E-state index contributed by atoms with van der Waals surface area (Å²) in [5.74, 6) is -0.100. The van der Waals surface area contributed by atoms with Gasteiger partial charge in [0.15, 0.2) is 0 Å². The van der Waals surface area contributed by atoms with Crippen LogP contribution in [0, 0.1) is 3.57 Å². The molecule has 0 saturated carbocycles. The van der Waals surface area contributed by atoms with Gasteiger partial charge in [-0.2, -0.15) is 0 Å². The SMILES string of the molecule is CC(C)(CCO)NC(=O)c1cccc(I)c1. The second-order valence-corrected chi connectivity index (χ2v) is 5.57. The molecule has 1 rings (SSSR count). The minimum Gasteiger partial charge on any atom is -0.396 e. The average molecular weight is 333 g/mol. The van der Waals surface area contributed by atoms with E-state index in [1.54, 1.807) is 6.07 Å². The number of amides is 1. The Morgan fingerprint density at radius 3 is 2.75 bits per heavy atom. The van der Waals surface area contributed by atoms with Gasteiger partial charge < -0.3 is 10.4 Å². The first-order chi connectivity index (χ1) is 7.44. The lowest BCUT2D eigenvalue weighted by molar-refractivity contribution is 0.0899. The summed E-state index contributed by atoms with van der Waals surface area (Å²) in [5.41, 5.74) is 0.269. The second-order valence-electron chi connectivity index (χ2n) is 4.32. The maximum absolute atomic E-state index is 11.9. The van der Waals surface area contributed by atoms with Crippen molar-refractivity contribution >= 4 is 28.5 Å². The number of aliphatic hydroxyl groups excluding tert-OH is 1. The third kappa shape index (κ3) is 4.09. The van der Waals surface area contributed by atoms with Gasteiger partial charge in [0.1, 0.15) is 0 Å². The Labute approximate surface area is 109 Å². The largest absolute Gasteiger partial charge is 0.396 e. The molecule has 0 aliphatic heterocycles. The van der Waals surface area contributed by atoms with Crippen LogP contribution in [0.1, 0.15) is 30.6 Å². The van der Waals surface area contributed by atoms with Crippen LogP contribution in [0.4, 0.5) is 0 Å². The lowest BCUT2D eigenvalue weighted by atomic mass is 10.0. The standard InChI is InChI=1S/C12H16INO2/c1-12(2,6-7-15)14-11(16)9-4-3-5-10(13)8-9/h3-5,8,15H,6-7H2,1-2H3,(H,14,16). The van der Waals surface area contributed by atoms with Crippen LogP contribution in [0.5, 0.6) is 0 Å². The van der Waals surface area contributed by atoms with E-state index in [4.69, 9.17) is 5.11 Å². The van der Waals surface area contributed by atoms with Crippen molar-refractivity contribution in [1.29, 1.82) is 0 Å². The Bertz CT molecular complexity index is 377. The van der Waals surface area contributed by atoms with Crippen molar-refractivity contribution in [3.05, 3.63) is 33.4 Å². The van der Waals surface area contributed by atoms with Crippen LogP contribution < -0.4 is 5.32 Å². The highest BCUT2D eigenvalue weighted by Gasteiger charge is 2.20. The monoisotopic (exact) mass is 333 g/mol. The molecule has 0 spiro atoms. The molecular formula is C12H16INO2. The molecule has 1 amide bonds. The normalized spacial score (nSPS) is 11.2. The average Bonchev–Trinajstić information content (AvgIpc) is 2.16. The zero-order valence-electron chi connectivity index (χ0n) is 9.46. The summed E-state index contributed by atoms with van der Waals surface area (Å²) in [4.78, 5) is 11.9. The van der Waals surface area contributed by atoms with E-state index in [-0.39, 0.29) is 18.1 Å². The second kappa shape index (κ2) is 5.63. The number of benzene rings is 1. The highest BCUT2D eigenvalue weighted by atomic mass is 127. The molecule has 0 heterocycles. The van der Waals surface area contributed by atoms with Crippen molar-refractivity contribution in [2.75, 3.05) is 6.61 Å². The van der Waals surface area contributed by atoms with Crippen molar-refractivity contribution in [1.82, 2.24) is 5.32 Å². The summed E-state index contributed by atoms with van der Waals surface area (Å²) in [7, 11) is 0. The quantitative estimate of drug-likeness (QED) is 0.830. The summed E-state index contributed by atoms with van der Waals surface area (Å²) in [5, 5.41) is 11.8. The summed E-state index contributed by atoms with van der Waals surface area (Å²) in [6.45, 7) is 3.86. The van der Waals surface area contributed by atoms with Gasteiger partial charge in [0.05, 0.1) is 0 Å². The van der Waals surface area contributed by atoms with Crippen LogP contribution in [0.25, 0.3) is 0 Å². The smallest absolute Gasteiger partial charge is 0.251 e. The fraction of sp³-hybridized carbons (Fsp3) is 0.417. The van der Waals surface area contributed by atoms with E-state index in [0.29, 0.717) is 12.0 Å². The third-order valence-electron chi connectivity index (χ3n) is 2.28. The van der Waals surface area contributed by atoms with E-state index in [1.165, 1.54) is 0 Å². The number of rotatable bonds is 4. The fourth-order valence-corrected chi connectivity index (χ4v) is 1.89. The Morgan fingerprint density at radius 1 is 1.50 bits per heavy atom. The molecule has 0 aliphatic rings. The van der Waals surface area contributed by atoms with Crippen LogP contribution in [0.3, 0.4) is 0 Å². The molecule has 0 aromatic heterocycles. The molecular weight excluding hydrogens is 317 g/mol. The number of aliphatic hydroxyl groups is 1. The molecule has 4 heteroatoms. The summed E-state index contributed by atoms with van der Waals surface area (Å²) in [6.07, 6.45) is 0.544. The van der Waals surface area contributed by atoms with Gasteiger partial charge in [0, 0.05) is 21.3 Å². The predicted octanol–water partition coefficient (Wildman–Crippen LogP) is 2.18. The molecule has 2 N–H and O–H groups in total. The van der Waals surface area contributed by atoms with Crippen LogP contribution in [-0.2, 0) is 0 Å². The maximum atomic E-state index is 11.9. The van der Waals surface area contributed by atoms with E-state index in [1.807, 2.05) is 32.0 Å². The summed E-state index contributed by atoms with van der Waals surface area (Å²) in [6, 6.07) is 7.42. The Balaban J connectivity index is 2.72. The van der Waals surface area contributed by atoms with E-state index >= 15 is 0 Å². The zero-order valence-corrected chi connectivity index (χ0v) is 11.6. The molecule has 0 saturated heterocycles. The van der Waals surface area contributed by atoms with Crippen molar-refractivity contribution < 1.29 is 9.90 Å². The number of halogens is 1.